The third kappa shape index (κ3) is 1.81. The highest BCUT2D eigenvalue weighted by Gasteiger charge is 2.28. The van der Waals surface area contributed by atoms with Crippen LogP contribution in [-0.4, -0.2) is 29.4 Å². The van der Waals surface area contributed by atoms with Crippen molar-refractivity contribution in [3.8, 4) is 22.9 Å². The zero-order valence-corrected chi connectivity index (χ0v) is 10.4. The SMILES string of the molecule is COc1cccc(OC)c1-c1n[nH]c(C2CC2)n1. The molecule has 1 aliphatic rings. The highest BCUT2D eigenvalue weighted by molar-refractivity contribution is 5.71. The molecule has 3 rings (SSSR count). The lowest BCUT2D eigenvalue weighted by atomic mass is 10.1. The van der Waals surface area contributed by atoms with Crippen LogP contribution < -0.4 is 9.47 Å². The minimum Gasteiger partial charge on any atom is -0.496 e. The van der Waals surface area contributed by atoms with E-state index in [0.717, 1.165) is 22.9 Å². The van der Waals surface area contributed by atoms with E-state index in [2.05, 4.69) is 15.2 Å². The topological polar surface area (TPSA) is 60.0 Å². The van der Waals surface area contributed by atoms with Gasteiger partial charge in [-0.1, -0.05) is 6.07 Å². The van der Waals surface area contributed by atoms with E-state index in [0.29, 0.717) is 11.7 Å². The molecule has 1 saturated carbocycles. The van der Waals surface area contributed by atoms with Crippen LogP contribution in [0.3, 0.4) is 0 Å². The molecule has 1 aromatic heterocycles. The molecule has 1 heterocycles. The van der Waals surface area contributed by atoms with Crippen LogP contribution in [0.15, 0.2) is 18.2 Å². The fraction of sp³-hybridized carbons (Fsp3) is 0.385. The fourth-order valence-corrected chi connectivity index (χ4v) is 2.00. The largest absolute Gasteiger partial charge is 0.496 e. The lowest BCUT2D eigenvalue weighted by molar-refractivity contribution is 0.397. The monoisotopic (exact) mass is 245 g/mol. The number of aromatic nitrogens is 3. The van der Waals surface area contributed by atoms with Gasteiger partial charge in [-0.25, -0.2) is 4.98 Å². The van der Waals surface area contributed by atoms with Crippen LogP contribution in [0.1, 0.15) is 24.6 Å². The van der Waals surface area contributed by atoms with Gasteiger partial charge in [-0.05, 0) is 25.0 Å². The standard InChI is InChI=1S/C13H15N3O2/c1-17-9-4-3-5-10(18-2)11(9)13-14-12(15-16-13)8-6-7-8/h3-5,8H,6-7H2,1-2H3,(H,14,15,16). The second kappa shape index (κ2) is 4.33. The lowest BCUT2D eigenvalue weighted by Crippen LogP contribution is -1.94. The van der Waals surface area contributed by atoms with E-state index in [-0.39, 0.29) is 0 Å². The first kappa shape index (κ1) is 11.1. The van der Waals surface area contributed by atoms with E-state index >= 15 is 0 Å². The van der Waals surface area contributed by atoms with E-state index in [1.165, 1.54) is 12.8 Å². The molecule has 0 bridgehead atoms. The molecule has 0 amide bonds. The Hall–Kier alpha value is -2.04. The highest BCUT2D eigenvalue weighted by atomic mass is 16.5. The molecule has 5 heteroatoms. The molecule has 2 aromatic rings. The summed E-state index contributed by atoms with van der Waals surface area (Å²) in [5.74, 6) is 3.57. The maximum Gasteiger partial charge on any atom is 0.188 e. The number of rotatable bonds is 4. The Balaban J connectivity index is 2.07. The Labute approximate surface area is 105 Å². The first-order valence-corrected chi connectivity index (χ1v) is 5.97. The smallest absolute Gasteiger partial charge is 0.188 e. The van der Waals surface area contributed by atoms with Gasteiger partial charge >= 0.3 is 0 Å². The van der Waals surface area contributed by atoms with Crippen molar-refractivity contribution in [1.29, 1.82) is 0 Å². The normalized spacial score (nSPS) is 14.6. The number of H-pyrrole nitrogens is 1. The van der Waals surface area contributed by atoms with Crippen LogP contribution in [0.25, 0.3) is 11.4 Å². The van der Waals surface area contributed by atoms with Crippen LogP contribution in [0, 0.1) is 0 Å². The van der Waals surface area contributed by atoms with Gasteiger partial charge in [0.2, 0.25) is 0 Å². The van der Waals surface area contributed by atoms with Crippen molar-refractivity contribution < 1.29 is 9.47 Å². The van der Waals surface area contributed by atoms with Crippen LogP contribution in [0.5, 0.6) is 11.5 Å². The molecule has 1 N–H and O–H groups in total. The molecule has 0 saturated heterocycles. The predicted octanol–water partition coefficient (Wildman–Crippen LogP) is 2.37. The lowest BCUT2D eigenvalue weighted by Gasteiger charge is -2.09. The zero-order chi connectivity index (χ0) is 12.5. The summed E-state index contributed by atoms with van der Waals surface area (Å²) in [5, 5.41) is 7.27. The Bertz CT molecular complexity index is 539. The van der Waals surface area contributed by atoms with Crippen molar-refractivity contribution in [1.82, 2.24) is 15.2 Å². The summed E-state index contributed by atoms with van der Waals surface area (Å²) < 4.78 is 10.7. The van der Waals surface area contributed by atoms with Crippen LogP contribution in [-0.2, 0) is 0 Å². The van der Waals surface area contributed by atoms with Crippen LogP contribution in [0.2, 0.25) is 0 Å². The number of nitrogens with zero attached hydrogens (tertiary/aromatic N) is 2. The first-order chi connectivity index (χ1) is 8.83. The van der Waals surface area contributed by atoms with Crippen molar-refractivity contribution in [2.75, 3.05) is 14.2 Å². The summed E-state index contributed by atoms with van der Waals surface area (Å²) >= 11 is 0. The summed E-state index contributed by atoms with van der Waals surface area (Å²) in [6.45, 7) is 0. The zero-order valence-electron chi connectivity index (χ0n) is 10.4. The Morgan fingerprint density at radius 3 is 2.39 bits per heavy atom. The van der Waals surface area contributed by atoms with Crippen LogP contribution in [0.4, 0.5) is 0 Å². The molecule has 0 radical (unpaired) electrons. The summed E-state index contributed by atoms with van der Waals surface area (Å²) in [6, 6.07) is 5.64. The van der Waals surface area contributed by atoms with E-state index in [1.807, 2.05) is 18.2 Å². The highest BCUT2D eigenvalue weighted by Crippen LogP contribution is 2.40. The van der Waals surface area contributed by atoms with E-state index < -0.39 is 0 Å². The Kier molecular flexibility index (Phi) is 2.66. The van der Waals surface area contributed by atoms with Gasteiger partial charge in [0.1, 0.15) is 22.9 Å². The molecule has 0 atom stereocenters. The number of benzene rings is 1. The van der Waals surface area contributed by atoms with Crippen LogP contribution >= 0.6 is 0 Å². The predicted molar refractivity (Wildman–Crippen MR) is 66.9 cm³/mol. The molecular weight excluding hydrogens is 230 g/mol. The van der Waals surface area contributed by atoms with E-state index in [1.54, 1.807) is 14.2 Å². The van der Waals surface area contributed by atoms with Crippen molar-refractivity contribution in [2.24, 2.45) is 0 Å². The first-order valence-electron chi connectivity index (χ1n) is 5.97. The van der Waals surface area contributed by atoms with Gasteiger partial charge < -0.3 is 9.47 Å². The Morgan fingerprint density at radius 2 is 1.83 bits per heavy atom. The molecule has 0 aliphatic heterocycles. The summed E-state index contributed by atoms with van der Waals surface area (Å²) in [6.07, 6.45) is 2.38. The Morgan fingerprint density at radius 1 is 1.17 bits per heavy atom. The quantitative estimate of drug-likeness (QED) is 0.898. The average molecular weight is 245 g/mol. The molecule has 5 nitrogen and oxygen atoms in total. The molecule has 0 spiro atoms. The van der Waals surface area contributed by atoms with Crippen molar-refractivity contribution in [3.63, 3.8) is 0 Å². The number of hydrogen-bond donors (Lipinski definition) is 1. The van der Waals surface area contributed by atoms with Gasteiger partial charge in [-0.15, -0.1) is 0 Å². The maximum absolute atomic E-state index is 5.35. The molecule has 1 aliphatic carbocycles. The van der Waals surface area contributed by atoms with E-state index in [4.69, 9.17) is 9.47 Å². The third-order valence-electron chi connectivity index (χ3n) is 3.12. The summed E-state index contributed by atoms with van der Waals surface area (Å²) in [5.41, 5.74) is 0.797. The van der Waals surface area contributed by atoms with Gasteiger partial charge in [-0.2, -0.15) is 5.10 Å². The third-order valence-corrected chi connectivity index (χ3v) is 3.12. The van der Waals surface area contributed by atoms with Crippen molar-refractivity contribution in [3.05, 3.63) is 24.0 Å². The number of aromatic amines is 1. The van der Waals surface area contributed by atoms with Gasteiger partial charge in [0.15, 0.2) is 5.82 Å². The minimum atomic E-state index is 0.548. The van der Waals surface area contributed by atoms with Gasteiger partial charge in [0, 0.05) is 5.92 Å². The van der Waals surface area contributed by atoms with Crippen molar-refractivity contribution in [2.45, 2.75) is 18.8 Å². The molecule has 94 valence electrons. The molecule has 1 aromatic carbocycles. The number of ether oxygens (including phenoxy) is 2. The van der Waals surface area contributed by atoms with Gasteiger partial charge in [-0.3, -0.25) is 5.10 Å². The van der Waals surface area contributed by atoms with Gasteiger partial charge in [0.25, 0.3) is 0 Å². The number of nitrogens with one attached hydrogen (secondary N) is 1. The number of methoxy groups -OCH3 is 2. The maximum atomic E-state index is 5.35. The summed E-state index contributed by atoms with van der Waals surface area (Å²) in [7, 11) is 3.26. The molecule has 1 fully saturated rings. The molecule has 18 heavy (non-hydrogen) atoms. The second-order valence-corrected chi connectivity index (χ2v) is 4.36. The van der Waals surface area contributed by atoms with Crippen molar-refractivity contribution >= 4 is 0 Å². The number of hydrogen-bond acceptors (Lipinski definition) is 4. The summed E-state index contributed by atoms with van der Waals surface area (Å²) in [4.78, 5) is 4.53. The van der Waals surface area contributed by atoms with E-state index in [9.17, 15) is 0 Å². The average Bonchev–Trinajstić information content (AvgIpc) is 3.16. The van der Waals surface area contributed by atoms with Gasteiger partial charge in [0.05, 0.1) is 14.2 Å². The molecule has 0 unspecified atom stereocenters. The fourth-order valence-electron chi connectivity index (χ4n) is 2.00. The second-order valence-electron chi connectivity index (χ2n) is 4.36. The minimum absolute atomic E-state index is 0.548. The molecular formula is C13H15N3O2.